The summed E-state index contributed by atoms with van der Waals surface area (Å²) in [6.45, 7) is 1.87. The molecule has 21 heavy (non-hydrogen) atoms. The van der Waals surface area contributed by atoms with E-state index in [4.69, 9.17) is 5.73 Å². The largest absolute Gasteiger partial charge is 0.397 e. The number of nitrogen functional groups attached to an aromatic ring is 1. The lowest BCUT2D eigenvalue weighted by molar-refractivity contribution is 0.102. The van der Waals surface area contributed by atoms with Gasteiger partial charge in [0.15, 0.2) is 0 Å². The summed E-state index contributed by atoms with van der Waals surface area (Å²) >= 11 is 0. The maximum absolute atomic E-state index is 12.4. The predicted octanol–water partition coefficient (Wildman–Crippen LogP) is 2.77. The number of aromatic nitrogens is 2. The average Bonchev–Trinajstić information content (AvgIpc) is 2.50. The zero-order valence-electron chi connectivity index (χ0n) is 11.5. The fraction of sp³-hybridized carbons (Fsp3) is 0.0625. The highest BCUT2D eigenvalue weighted by Gasteiger charge is 2.11. The zero-order chi connectivity index (χ0) is 14.8. The highest BCUT2D eigenvalue weighted by atomic mass is 16.1. The fourth-order valence-corrected chi connectivity index (χ4v) is 2.12. The van der Waals surface area contributed by atoms with E-state index >= 15 is 0 Å². The molecule has 1 amide bonds. The second kappa shape index (κ2) is 5.20. The van der Waals surface area contributed by atoms with Crippen LogP contribution in [0.25, 0.3) is 10.9 Å². The van der Waals surface area contributed by atoms with Gasteiger partial charge in [-0.2, -0.15) is 0 Å². The van der Waals surface area contributed by atoms with Gasteiger partial charge >= 0.3 is 0 Å². The molecule has 0 spiro atoms. The van der Waals surface area contributed by atoms with Crippen LogP contribution in [0.4, 0.5) is 11.5 Å². The number of carbonyl (C=O) groups excluding carboxylic acids is 1. The highest BCUT2D eigenvalue weighted by molar-refractivity contribution is 6.12. The maximum atomic E-state index is 12.4. The lowest BCUT2D eigenvalue weighted by Gasteiger charge is -2.08. The number of nitrogens with two attached hydrogens (primary N) is 1. The van der Waals surface area contributed by atoms with Gasteiger partial charge in [-0.25, -0.2) is 4.98 Å². The number of aryl methyl sites for hydroxylation is 1. The number of anilines is 2. The third-order valence-corrected chi connectivity index (χ3v) is 3.28. The van der Waals surface area contributed by atoms with E-state index in [-0.39, 0.29) is 5.91 Å². The second-order valence-corrected chi connectivity index (χ2v) is 4.76. The Balaban J connectivity index is 1.95. The van der Waals surface area contributed by atoms with Crippen molar-refractivity contribution >= 4 is 28.3 Å². The Labute approximate surface area is 121 Å². The summed E-state index contributed by atoms with van der Waals surface area (Å²) in [5, 5.41) is 3.59. The van der Waals surface area contributed by atoms with Crippen LogP contribution in [0.1, 0.15) is 15.9 Å². The van der Waals surface area contributed by atoms with Crippen LogP contribution in [0.15, 0.2) is 48.8 Å². The Morgan fingerprint density at radius 1 is 1.19 bits per heavy atom. The third kappa shape index (κ3) is 2.53. The van der Waals surface area contributed by atoms with E-state index in [0.717, 1.165) is 16.5 Å². The molecule has 1 aromatic carbocycles. The number of carbonyl (C=O) groups is 1. The molecule has 0 atom stereocenters. The molecule has 3 rings (SSSR count). The minimum absolute atomic E-state index is 0.217. The molecule has 3 aromatic rings. The minimum atomic E-state index is -0.217. The molecular formula is C16H14N4O. The molecule has 0 unspecified atom stereocenters. The van der Waals surface area contributed by atoms with Crippen LogP contribution in [0.3, 0.4) is 0 Å². The number of pyridine rings is 2. The SMILES string of the molecule is Cc1cc(NC(=O)c2cccc3ncccc23)ncc1N. The molecule has 0 aliphatic rings. The van der Waals surface area contributed by atoms with Crippen molar-refractivity contribution < 1.29 is 4.79 Å². The standard InChI is InChI=1S/C16H14N4O/c1-10-8-15(19-9-13(10)17)20-16(21)12-4-2-6-14-11(12)5-3-7-18-14/h2-9H,17H2,1H3,(H,19,20,21). The second-order valence-electron chi connectivity index (χ2n) is 4.76. The Morgan fingerprint density at radius 3 is 2.86 bits per heavy atom. The predicted molar refractivity (Wildman–Crippen MR) is 83.1 cm³/mol. The van der Waals surface area contributed by atoms with E-state index in [0.29, 0.717) is 17.1 Å². The normalized spacial score (nSPS) is 10.5. The van der Waals surface area contributed by atoms with Crippen LogP contribution < -0.4 is 11.1 Å². The molecule has 0 saturated heterocycles. The third-order valence-electron chi connectivity index (χ3n) is 3.28. The van der Waals surface area contributed by atoms with Gasteiger partial charge < -0.3 is 11.1 Å². The molecule has 0 bridgehead atoms. The molecule has 0 saturated carbocycles. The molecule has 0 aliphatic heterocycles. The summed E-state index contributed by atoms with van der Waals surface area (Å²) in [6, 6.07) is 10.9. The molecule has 0 radical (unpaired) electrons. The van der Waals surface area contributed by atoms with E-state index in [1.807, 2.05) is 31.2 Å². The van der Waals surface area contributed by atoms with Gasteiger partial charge in [-0.1, -0.05) is 12.1 Å². The van der Waals surface area contributed by atoms with E-state index in [1.165, 1.54) is 6.20 Å². The molecular weight excluding hydrogens is 264 g/mol. The van der Waals surface area contributed by atoms with E-state index < -0.39 is 0 Å². The number of fused-ring (bicyclic) bond motifs is 1. The monoisotopic (exact) mass is 278 g/mol. The summed E-state index contributed by atoms with van der Waals surface area (Å²) in [5.74, 6) is 0.262. The smallest absolute Gasteiger partial charge is 0.257 e. The van der Waals surface area contributed by atoms with Crippen molar-refractivity contribution in [3.63, 3.8) is 0 Å². The van der Waals surface area contributed by atoms with Gasteiger partial charge in [-0.3, -0.25) is 9.78 Å². The first-order valence-corrected chi connectivity index (χ1v) is 6.52. The zero-order valence-corrected chi connectivity index (χ0v) is 11.5. The quantitative estimate of drug-likeness (QED) is 0.755. The lowest BCUT2D eigenvalue weighted by atomic mass is 10.1. The molecule has 0 aliphatic carbocycles. The molecule has 0 fully saturated rings. The van der Waals surface area contributed by atoms with E-state index in [1.54, 1.807) is 18.3 Å². The van der Waals surface area contributed by atoms with Gasteiger partial charge in [0.1, 0.15) is 5.82 Å². The maximum Gasteiger partial charge on any atom is 0.257 e. The number of nitrogens with one attached hydrogen (secondary N) is 1. The Bertz CT molecular complexity index is 824. The van der Waals surface area contributed by atoms with Crippen LogP contribution in [-0.4, -0.2) is 15.9 Å². The first-order valence-electron chi connectivity index (χ1n) is 6.52. The first kappa shape index (κ1) is 13.1. The Kier molecular flexibility index (Phi) is 3.23. The molecule has 104 valence electrons. The molecule has 2 aromatic heterocycles. The molecule has 2 heterocycles. The fourth-order valence-electron chi connectivity index (χ4n) is 2.12. The number of hydrogen-bond acceptors (Lipinski definition) is 4. The van der Waals surface area contributed by atoms with Crippen LogP contribution in [0.5, 0.6) is 0 Å². The Morgan fingerprint density at radius 2 is 2.05 bits per heavy atom. The summed E-state index contributed by atoms with van der Waals surface area (Å²) in [5.41, 5.74) is 8.55. The lowest BCUT2D eigenvalue weighted by Crippen LogP contribution is -2.13. The topological polar surface area (TPSA) is 80.9 Å². The van der Waals surface area contributed by atoms with Crippen molar-refractivity contribution in [2.75, 3.05) is 11.1 Å². The van der Waals surface area contributed by atoms with Crippen LogP contribution in [0.2, 0.25) is 0 Å². The van der Waals surface area contributed by atoms with E-state index in [9.17, 15) is 4.79 Å². The van der Waals surface area contributed by atoms with Gasteiger partial charge in [0.05, 0.1) is 17.4 Å². The number of hydrogen-bond donors (Lipinski definition) is 2. The number of rotatable bonds is 2. The van der Waals surface area contributed by atoms with Crippen molar-refractivity contribution in [1.29, 1.82) is 0 Å². The Hall–Kier alpha value is -2.95. The highest BCUT2D eigenvalue weighted by Crippen LogP contribution is 2.19. The average molecular weight is 278 g/mol. The van der Waals surface area contributed by atoms with Crippen molar-refractivity contribution in [3.05, 3.63) is 59.9 Å². The number of nitrogens with zero attached hydrogens (tertiary/aromatic N) is 2. The molecule has 5 heteroatoms. The van der Waals surface area contributed by atoms with Gasteiger partial charge in [0, 0.05) is 17.1 Å². The van der Waals surface area contributed by atoms with Crippen molar-refractivity contribution in [1.82, 2.24) is 9.97 Å². The van der Waals surface area contributed by atoms with Gasteiger partial charge in [0.2, 0.25) is 0 Å². The van der Waals surface area contributed by atoms with Crippen molar-refractivity contribution in [3.8, 4) is 0 Å². The summed E-state index contributed by atoms with van der Waals surface area (Å²) in [4.78, 5) is 20.8. The summed E-state index contributed by atoms with van der Waals surface area (Å²) in [7, 11) is 0. The van der Waals surface area contributed by atoms with Crippen molar-refractivity contribution in [2.45, 2.75) is 6.92 Å². The van der Waals surface area contributed by atoms with Crippen molar-refractivity contribution in [2.24, 2.45) is 0 Å². The molecule has 3 N–H and O–H groups in total. The number of amides is 1. The van der Waals surface area contributed by atoms with Gasteiger partial charge in [-0.15, -0.1) is 0 Å². The molecule has 5 nitrogen and oxygen atoms in total. The summed E-state index contributed by atoms with van der Waals surface area (Å²) < 4.78 is 0. The van der Waals surface area contributed by atoms with Gasteiger partial charge in [0.25, 0.3) is 5.91 Å². The minimum Gasteiger partial charge on any atom is -0.397 e. The number of benzene rings is 1. The van der Waals surface area contributed by atoms with Crippen LogP contribution in [0, 0.1) is 6.92 Å². The van der Waals surface area contributed by atoms with Crippen LogP contribution in [-0.2, 0) is 0 Å². The van der Waals surface area contributed by atoms with E-state index in [2.05, 4.69) is 15.3 Å². The van der Waals surface area contributed by atoms with Gasteiger partial charge in [-0.05, 0) is 36.8 Å². The summed E-state index contributed by atoms with van der Waals surface area (Å²) in [6.07, 6.45) is 3.24. The first-order chi connectivity index (χ1) is 10.1. The van der Waals surface area contributed by atoms with Crippen LogP contribution >= 0.6 is 0 Å².